The third-order valence-electron chi connectivity index (χ3n) is 4.02. The Labute approximate surface area is 144 Å². The molecular weight excluding hydrogens is 327 g/mol. The molecule has 1 atom stereocenters. The fourth-order valence-corrected chi connectivity index (χ4v) is 3.49. The second-order valence-corrected chi connectivity index (χ2v) is 6.85. The molecule has 3 amide bonds. The van der Waals surface area contributed by atoms with Crippen LogP contribution in [0.1, 0.15) is 12.5 Å². The van der Waals surface area contributed by atoms with Crippen molar-refractivity contribution in [3.8, 4) is 0 Å². The lowest BCUT2D eigenvalue weighted by atomic mass is 9.92. The summed E-state index contributed by atoms with van der Waals surface area (Å²) >= 11 is 1.48. The quantitative estimate of drug-likeness (QED) is 0.668. The molecule has 0 saturated carbocycles. The van der Waals surface area contributed by atoms with E-state index in [4.69, 9.17) is 0 Å². The number of imide groups is 1. The van der Waals surface area contributed by atoms with E-state index in [9.17, 15) is 14.0 Å². The van der Waals surface area contributed by atoms with Gasteiger partial charge in [0.15, 0.2) is 0 Å². The minimum absolute atomic E-state index is 0.251. The lowest BCUT2D eigenvalue weighted by Gasteiger charge is -2.22. The van der Waals surface area contributed by atoms with Crippen molar-refractivity contribution < 1.29 is 14.0 Å². The highest BCUT2D eigenvalue weighted by Crippen LogP contribution is 2.29. The van der Waals surface area contributed by atoms with Gasteiger partial charge in [0.25, 0.3) is 5.91 Å². The first-order valence-corrected chi connectivity index (χ1v) is 8.57. The van der Waals surface area contributed by atoms with Gasteiger partial charge in [0, 0.05) is 17.2 Å². The second-order valence-electron chi connectivity index (χ2n) is 5.68. The number of urea groups is 1. The van der Waals surface area contributed by atoms with Crippen molar-refractivity contribution in [3.63, 3.8) is 0 Å². The van der Waals surface area contributed by atoms with E-state index in [0.717, 1.165) is 10.5 Å². The zero-order valence-corrected chi connectivity index (χ0v) is 14.0. The number of amides is 3. The highest BCUT2D eigenvalue weighted by atomic mass is 32.2. The van der Waals surface area contributed by atoms with Gasteiger partial charge in [-0.05, 0) is 36.8 Å². The average Bonchev–Trinajstić information content (AvgIpc) is 2.81. The maximum Gasteiger partial charge on any atom is 0.325 e. The van der Waals surface area contributed by atoms with E-state index in [1.807, 2.05) is 30.3 Å². The molecule has 0 aromatic heterocycles. The van der Waals surface area contributed by atoms with E-state index >= 15 is 0 Å². The van der Waals surface area contributed by atoms with Gasteiger partial charge in [0.1, 0.15) is 11.4 Å². The van der Waals surface area contributed by atoms with Crippen LogP contribution in [-0.2, 0) is 10.3 Å². The normalized spacial score (nSPS) is 20.3. The Morgan fingerprint density at radius 1 is 1.08 bits per heavy atom. The standard InChI is InChI=1S/C18H17FN2O2S/c1-18(13-5-3-2-4-6-13)16(22)21(17(23)20-18)11-12-24-15-9-7-14(19)8-10-15/h2-10H,11-12H2,1H3,(H,20,23). The average molecular weight is 344 g/mol. The van der Waals surface area contributed by atoms with E-state index in [0.29, 0.717) is 12.3 Å². The molecule has 1 aliphatic heterocycles. The summed E-state index contributed by atoms with van der Waals surface area (Å²) in [5.74, 6) is 0.0147. The molecule has 0 aliphatic carbocycles. The molecule has 0 bridgehead atoms. The van der Waals surface area contributed by atoms with E-state index in [1.165, 1.54) is 28.8 Å². The Morgan fingerprint density at radius 2 is 1.75 bits per heavy atom. The van der Waals surface area contributed by atoms with E-state index in [-0.39, 0.29) is 17.8 Å². The molecule has 1 heterocycles. The van der Waals surface area contributed by atoms with Crippen LogP contribution in [0.4, 0.5) is 9.18 Å². The van der Waals surface area contributed by atoms with Gasteiger partial charge in [-0.1, -0.05) is 30.3 Å². The smallest absolute Gasteiger partial charge is 0.319 e. The molecule has 3 rings (SSSR count). The number of benzene rings is 2. The first-order valence-electron chi connectivity index (χ1n) is 7.59. The van der Waals surface area contributed by atoms with Gasteiger partial charge in [-0.25, -0.2) is 9.18 Å². The van der Waals surface area contributed by atoms with Crippen LogP contribution < -0.4 is 5.32 Å². The van der Waals surface area contributed by atoms with Crippen LogP contribution >= 0.6 is 11.8 Å². The molecular formula is C18H17FN2O2S. The van der Waals surface area contributed by atoms with Crippen molar-refractivity contribution in [2.24, 2.45) is 0 Å². The molecule has 124 valence electrons. The number of carbonyl (C=O) groups excluding carboxylic acids is 2. The molecule has 2 aromatic rings. The highest BCUT2D eigenvalue weighted by Gasteiger charge is 2.48. The predicted molar refractivity (Wildman–Crippen MR) is 91.2 cm³/mol. The number of thioether (sulfide) groups is 1. The summed E-state index contributed by atoms with van der Waals surface area (Å²) in [7, 11) is 0. The van der Waals surface area contributed by atoms with Crippen LogP contribution in [0.2, 0.25) is 0 Å². The maximum atomic E-state index is 12.9. The fourth-order valence-electron chi connectivity index (χ4n) is 2.65. The maximum absolute atomic E-state index is 12.9. The number of hydrogen-bond donors (Lipinski definition) is 1. The summed E-state index contributed by atoms with van der Waals surface area (Å²) in [4.78, 5) is 27.0. The number of hydrogen-bond acceptors (Lipinski definition) is 3. The number of nitrogens with zero attached hydrogens (tertiary/aromatic N) is 1. The first kappa shape index (κ1) is 16.5. The Morgan fingerprint density at radius 3 is 2.42 bits per heavy atom. The fraction of sp³-hybridized carbons (Fsp3) is 0.222. The van der Waals surface area contributed by atoms with Crippen LogP contribution in [0.3, 0.4) is 0 Å². The first-order chi connectivity index (χ1) is 11.5. The molecule has 1 aliphatic rings. The molecule has 1 N–H and O–H groups in total. The van der Waals surface area contributed by atoms with Gasteiger partial charge >= 0.3 is 6.03 Å². The largest absolute Gasteiger partial charge is 0.325 e. The molecule has 24 heavy (non-hydrogen) atoms. The summed E-state index contributed by atoms with van der Waals surface area (Å²) in [6.45, 7) is 2.02. The number of carbonyl (C=O) groups is 2. The molecule has 0 radical (unpaired) electrons. The topological polar surface area (TPSA) is 49.4 Å². The summed E-state index contributed by atoms with van der Waals surface area (Å²) < 4.78 is 12.9. The Hall–Kier alpha value is -2.34. The summed E-state index contributed by atoms with van der Waals surface area (Å²) in [5, 5.41) is 2.78. The number of nitrogens with one attached hydrogen (secondary N) is 1. The van der Waals surface area contributed by atoms with Crippen LogP contribution in [0.25, 0.3) is 0 Å². The van der Waals surface area contributed by atoms with E-state index in [2.05, 4.69) is 5.32 Å². The van der Waals surface area contributed by atoms with Gasteiger partial charge in [-0.15, -0.1) is 11.8 Å². The molecule has 1 fully saturated rings. The predicted octanol–water partition coefficient (Wildman–Crippen LogP) is 3.39. The van der Waals surface area contributed by atoms with Crippen LogP contribution in [0, 0.1) is 5.82 Å². The minimum Gasteiger partial charge on any atom is -0.319 e. The van der Waals surface area contributed by atoms with Crippen LogP contribution in [0.15, 0.2) is 59.5 Å². The van der Waals surface area contributed by atoms with Crippen molar-refractivity contribution in [1.29, 1.82) is 0 Å². The van der Waals surface area contributed by atoms with Crippen molar-refractivity contribution in [1.82, 2.24) is 10.2 Å². The van der Waals surface area contributed by atoms with Gasteiger partial charge < -0.3 is 5.32 Å². The van der Waals surface area contributed by atoms with Gasteiger partial charge in [0.05, 0.1) is 0 Å². The Kier molecular flexibility index (Phi) is 4.57. The third-order valence-corrected chi connectivity index (χ3v) is 5.02. The third kappa shape index (κ3) is 3.14. The van der Waals surface area contributed by atoms with Crippen molar-refractivity contribution in [3.05, 3.63) is 66.0 Å². The molecule has 1 unspecified atom stereocenters. The summed E-state index contributed by atoms with van der Waals surface area (Å²) in [6, 6.07) is 15.0. The number of halogens is 1. The second kappa shape index (κ2) is 6.65. The highest BCUT2D eigenvalue weighted by molar-refractivity contribution is 7.99. The molecule has 2 aromatic carbocycles. The zero-order valence-electron chi connectivity index (χ0n) is 13.2. The Balaban J connectivity index is 1.65. The van der Waals surface area contributed by atoms with Crippen LogP contribution in [0.5, 0.6) is 0 Å². The lowest BCUT2D eigenvalue weighted by Crippen LogP contribution is -2.41. The summed E-state index contributed by atoms with van der Waals surface area (Å²) in [6.07, 6.45) is 0. The molecule has 6 heteroatoms. The van der Waals surface area contributed by atoms with Crippen LogP contribution in [-0.4, -0.2) is 29.1 Å². The van der Waals surface area contributed by atoms with Gasteiger partial charge in [0.2, 0.25) is 0 Å². The molecule has 4 nitrogen and oxygen atoms in total. The zero-order chi connectivity index (χ0) is 17.2. The summed E-state index contributed by atoms with van der Waals surface area (Å²) in [5.41, 5.74) is -0.268. The minimum atomic E-state index is -1.03. The van der Waals surface area contributed by atoms with Gasteiger partial charge in [-0.2, -0.15) is 0 Å². The molecule has 0 spiro atoms. The van der Waals surface area contributed by atoms with Crippen molar-refractivity contribution in [2.75, 3.05) is 12.3 Å². The van der Waals surface area contributed by atoms with Crippen molar-refractivity contribution in [2.45, 2.75) is 17.4 Å². The monoisotopic (exact) mass is 344 g/mol. The van der Waals surface area contributed by atoms with E-state index < -0.39 is 5.54 Å². The van der Waals surface area contributed by atoms with E-state index in [1.54, 1.807) is 19.1 Å². The molecule has 1 saturated heterocycles. The van der Waals surface area contributed by atoms with Crippen molar-refractivity contribution >= 4 is 23.7 Å². The Bertz CT molecular complexity index is 751. The number of rotatable bonds is 5. The lowest BCUT2D eigenvalue weighted by molar-refractivity contribution is -0.130. The van der Waals surface area contributed by atoms with Gasteiger partial charge in [-0.3, -0.25) is 9.69 Å². The SMILES string of the molecule is CC1(c2ccccc2)NC(=O)N(CCSc2ccc(F)cc2)C1=O.